The van der Waals surface area contributed by atoms with Crippen molar-refractivity contribution in [3.8, 4) is 5.75 Å². The van der Waals surface area contributed by atoms with Gasteiger partial charge in [0.15, 0.2) is 5.82 Å². The summed E-state index contributed by atoms with van der Waals surface area (Å²) in [6, 6.07) is 7.16. The fraction of sp³-hybridized carbons (Fsp3) is 0.500. The minimum Gasteiger partial charge on any atom is -0.492 e. The van der Waals surface area contributed by atoms with Crippen LogP contribution in [0.3, 0.4) is 0 Å². The normalized spacial score (nSPS) is 11.4. The second-order valence-electron chi connectivity index (χ2n) is 6.77. The lowest BCUT2D eigenvalue weighted by molar-refractivity contribution is -0.121. The van der Waals surface area contributed by atoms with E-state index in [1.54, 1.807) is 12.1 Å². The number of carbonyl (C=O) groups is 1. The number of hydrogen-bond acceptors (Lipinski definition) is 5. The standard InChI is InChI=1S/C18H24ClN3O3/c1-18(2,3)17-21-16(25-22-17)9-5-8-15(23)20-10-11-24-14-7-4-6-13(19)12-14/h4,6-7,12H,5,8-11H2,1-3H3,(H,20,23). The highest BCUT2D eigenvalue weighted by Crippen LogP contribution is 2.19. The van der Waals surface area contributed by atoms with Crippen LogP contribution in [0.2, 0.25) is 5.02 Å². The van der Waals surface area contributed by atoms with Crippen LogP contribution >= 0.6 is 11.6 Å². The number of hydrogen-bond donors (Lipinski definition) is 1. The van der Waals surface area contributed by atoms with E-state index in [-0.39, 0.29) is 11.3 Å². The van der Waals surface area contributed by atoms with Crippen molar-refractivity contribution >= 4 is 17.5 Å². The molecule has 0 bridgehead atoms. The third-order valence-corrected chi connectivity index (χ3v) is 3.66. The van der Waals surface area contributed by atoms with Gasteiger partial charge in [-0.1, -0.05) is 43.6 Å². The van der Waals surface area contributed by atoms with Gasteiger partial charge in [0.25, 0.3) is 0 Å². The molecule has 7 heteroatoms. The molecule has 136 valence electrons. The zero-order valence-corrected chi connectivity index (χ0v) is 15.6. The van der Waals surface area contributed by atoms with Crippen LogP contribution < -0.4 is 10.1 Å². The summed E-state index contributed by atoms with van der Waals surface area (Å²) in [6.07, 6.45) is 1.66. The van der Waals surface area contributed by atoms with Crippen LogP contribution in [-0.2, 0) is 16.6 Å². The lowest BCUT2D eigenvalue weighted by Gasteiger charge is -2.10. The van der Waals surface area contributed by atoms with E-state index in [1.807, 2.05) is 32.9 Å². The molecule has 1 heterocycles. The first-order valence-corrected chi connectivity index (χ1v) is 8.70. The topological polar surface area (TPSA) is 77.2 Å². The summed E-state index contributed by atoms with van der Waals surface area (Å²) in [5.41, 5.74) is -0.137. The largest absolute Gasteiger partial charge is 0.492 e. The number of nitrogens with zero attached hydrogens (tertiary/aromatic N) is 2. The van der Waals surface area contributed by atoms with E-state index in [9.17, 15) is 4.79 Å². The van der Waals surface area contributed by atoms with Gasteiger partial charge in [0, 0.05) is 23.3 Å². The molecule has 0 aliphatic carbocycles. The number of rotatable bonds is 8. The minimum atomic E-state index is -0.137. The summed E-state index contributed by atoms with van der Waals surface area (Å²) in [5, 5.41) is 7.41. The van der Waals surface area contributed by atoms with Gasteiger partial charge in [0.2, 0.25) is 11.8 Å². The highest BCUT2D eigenvalue weighted by Gasteiger charge is 2.20. The Bertz CT molecular complexity index is 695. The molecule has 2 aromatic rings. The van der Waals surface area contributed by atoms with Crippen LogP contribution in [0.5, 0.6) is 5.75 Å². The average Bonchev–Trinajstić information content (AvgIpc) is 3.01. The molecule has 0 unspecified atom stereocenters. The first kappa shape index (κ1) is 19.2. The maximum atomic E-state index is 11.8. The second kappa shape index (κ2) is 8.85. The number of amides is 1. The first-order chi connectivity index (χ1) is 11.8. The van der Waals surface area contributed by atoms with Crippen LogP contribution in [0.4, 0.5) is 0 Å². The fourth-order valence-corrected chi connectivity index (χ4v) is 2.25. The van der Waals surface area contributed by atoms with Crippen molar-refractivity contribution in [3.63, 3.8) is 0 Å². The van der Waals surface area contributed by atoms with Gasteiger partial charge < -0.3 is 14.6 Å². The maximum absolute atomic E-state index is 11.8. The fourth-order valence-electron chi connectivity index (χ4n) is 2.07. The molecule has 0 aliphatic heterocycles. The number of halogens is 1. The van der Waals surface area contributed by atoms with Gasteiger partial charge in [0.1, 0.15) is 12.4 Å². The summed E-state index contributed by atoms with van der Waals surface area (Å²) >= 11 is 5.88. The van der Waals surface area contributed by atoms with E-state index in [1.165, 1.54) is 0 Å². The van der Waals surface area contributed by atoms with E-state index < -0.39 is 0 Å². The van der Waals surface area contributed by atoms with Gasteiger partial charge in [0.05, 0.1) is 6.54 Å². The predicted molar refractivity (Wildman–Crippen MR) is 95.9 cm³/mol. The van der Waals surface area contributed by atoms with Crippen molar-refractivity contribution in [3.05, 3.63) is 41.0 Å². The van der Waals surface area contributed by atoms with Crippen molar-refractivity contribution in [2.24, 2.45) is 0 Å². The van der Waals surface area contributed by atoms with Gasteiger partial charge in [-0.05, 0) is 24.6 Å². The molecule has 0 radical (unpaired) electrons. The van der Waals surface area contributed by atoms with Crippen LogP contribution in [0.1, 0.15) is 45.3 Å². The van der Waals surface area contributed by atoms with Gasteiger partial charge in [-0.3, -0.25) is 4.79 Å². The van der Waals surface area contributed by atoms with E-state index in [4.69, 9.17) is 20.9 Å². The highest BCUT2D eigenvalue weighted by atomic mass is 35.5. The smallest absolute Gasteiger partial charge is 0.226 e. The van der Waals surface area contributed by atoms with Crippen molar-refractivity contribution in [1.29, 1.82) is 0 Å². The molecule has 2 rings (SSSR count). The Kier molecular flexibility index (Phi) is 6.82. The average molecular weight is 366 g/mol. The molecule has 0 aliphatic rings. The lowest BCUT2D eigenvalue weighted by atomic mass is 9.96. The minimum absolute atomic E-state index is 0.0229. The molecule has 0 saturated heterocycles. The second-order valence-corrected chi connectivity index (χ2v) is 7.21. The molecule has 0 atom stereocenters. The van der Waals surface area contributed by atoms with Gasteiger partial charge in [-0.2, -0.15) is 4.98 Å². The molecular weight excluding hydrogens is 342 g/mol. The van der Waals surface area contributed by atoms with Crippen molar-refractivity contribution < 1.29 is 14.1 Å². The molecule has 0 spiro atoms. The van der Waals surface area contributed by atoms with Crippen LogP contribution in [0, 0.1) is 0 Å². The van der Waals surface area contributed by atoms with E-state index in [2.05, 4.69) is 15.5 Å². The Balaban J connectivity index is 1.60. The van der Waals surface area contributed by atoms with Crippen molar-refractivity contribution in [2.75, 3.05) is 13.2 Å². The Hall–Kier alpha value is -2.08. The summed E-state index contributed by atoms with van der Waals surface area (Å²) in [4.78, 5) is 16.2. The van der Waals surface area contributed by atoms with Gasteiger partial charge in [-0.25, -0.2) is 0 Å². The predicted octanol–water partition coefficient (Wildman–Crippen LogP) is 3.54. The summed E-state index contributed by atoms with van der Waals surface area (Å²) in [6.45, 7) is 6.92. The first-order valence-electron chi connectivity index (χ1n) is 8.33. The molecule has 0 fully saturated rings. The zero-order chi connectivity index (χ0) is 18.3. The van der Waals surface area contributed by atoms with E-state index in [0.29, 0.717) is 54.9 Å². The molecule has 1 aromatic heterocycles. The summed E-state index contributed by atoms with van der Waals surface area (Å²) in [7, 11) is 0. The monoisotopic (exact) mass is 365 g/mol. The number of nitrogens with one attached hydrogen (secondary N) is 1. The Morgan fingerprint density at radius 1 is 1.36 bits per heavy atom. The van der Waals surface area contributed by atoms with Crippen molar-refractivity contribution in [2.45, 2.75) is 45.4 Å². The Morgan fingerprint density at radius 2 is 2.16 bits per heavy atom. The maximum Gasteiger partial charge on any atom is 0.226 e. The summed E-state index contributed by atoms with van der Waals surface area (Å²) in [5.74, 6) is 1.92. The van der Waals surface area contributed by atoms with Crippen molar-refractivity contribution in [1.82, 2.24) is 15.5 Å². The third-order valence-electron chi connectivity index (χ3n) is 3.42. The Morgan fingerprint density at radius 3 is 2.84 bits per heavy atom. The van der Waals surface area contributed by atoms with E-state index in [0.717, 1.165) is 0 Å². The molecule has 1 amide bonds. The van der Waals surface area contributed by atoms with Gasteiger partial charge >= 0.3 is 0 Å². The molecule has 0 saturated carbocycles. The molecular formula is C18H24ClN3O3. The van der Waals surface area contributed by atoms with Crippen LogP contribution in [0.25, 0.3) is 0 Å². The molecule has 1 aromatic carbocycles. The zero-order valence-electron chi connectivity index (χ0n) is 14.8. The van der Waals surface area contributed by atoms with Gasteiger partial charge in [-0.15, -0.1) is 0 Å². The number of benzene rings is 1. The summed E-state index contributed by atoms with van der Waals surface area (Å²) < 4.78 is 10.7. The SMILES string of the molecule is CC(C)(C)c1noc(CCCC(=O)NCCOc2cccc(Cl)c2)n1. The quantitative estimate of drug-likeness (QED) is 0.724. The number of carbonyl (C=O) groups excluding carboxylic acids is 1. The lowest BCUT2D eigenvalue weighted by Crippen LogP contribution is -2.27. The Labute approximate surface area is 152 Å². The molecule has 1 N–H and O–H groups in total. The number of aromatic nitrogens is 2. The van der Waals surface area contributed by atoms with Crippen LogP contribution in [-0.4, -0.2) is 29.2 Å². The molecule has 25 heavy (non-hydrogen) atoms. The van der Waals surface area contributed by atoms with E-state index >= 15 is 0 Å². The number of aryl methyl sites for hydroxylation is 1. The van der Waals surface area contributed by atoms with Crippen LogP contribution in [0.15, 0.2) is 28.8 Å². The number of ether oxygens (including phenoxy) is 1. The molecule has 6 nitrogen and oxygen atoms in total. The highest BCUT2D eigenvalue weighted by molar-refractivity contribution is 6.30. The third kappa shape index (κ3) is 6.74.